The summed E-state index contributed by atoms with van der Waals surface area (Å²) in [6, 6.07) is 3.76. The van der Waals surface area contributed by atoms with Crippen molar-refractivity contribution >= 4 is 11.7 Å². The van der Waals surface area contributed by atoms with E-state index in [1.807, 2.05) is 32.9 Å². The van der Waals surface area contributed by atoms with E-state index in [2.05, 4.69) is 17.2 Å². The first kappa shape index (κ1) is 11.7. The number of hydrogen-bond acceptors (Lipinski definition) is 2. The molecule has 1 aromatic rings. The number of anilines is 1. The predicted octanol–water partition coefficient (Wildman–Crippen LogP) is 2.44. The van der Waals surface area contributed by atoms with Gasteiger partial charge in [-0.1, -0.05) is 26.8 Å². The average Bonchev–Trinajstić information content (AvgIpc) is 2.17. The first-order valence-corrected chi connectivity index (χ1v) is 4.99. The highest BCUT2D eigenvalue weighted by Crippen LogP contribution is 2.18. The summed E-state index contributed by atoms with van der Waals surface area (Å²) in [6.45, 7) is 9.41. The van der Waals surface area contributed by atoms with Crippen molar-refractivity contribution in [3.63, 3.8) is 0 Å². The van der Waals surface area contributed by atoms with Crippen LogP contribution in [0.1, 0.15) is 26.3 Å². The molecule has 0 saturated carbocycles. The van der Waals surface area contributed by atoms with E-state index in [1.54, 1.807) is 6.20 Å². The molecule has 1 heterocycles. The van der Waals surface area contributed by atoms with Crippen LogP contribution in [-0.4, -0.2) is 10.9 Å². The molecule has 0 aliphatic rings. The summed E-state index contributed by atoms with van der Waals surface area (Å²) in [4.78, 5) is 15.9. The van der Waals surface area contributed by atoms with Crippen molar-refractivity contribution in [2.45, 2.75) is 27.2 Å². The largest absolute Gasteiger partial charge is 0.310 e. The maximum absolute atomic E-state index is 11.7. The third-order valence-corrected chi connectivity index (χ3v) is 2.07. The number of pyridine rings is 1. The van der Waals surface area contributed by atoms with Crippen molar-refractivity contribution in [2.24, 2.45) is 5.41 Å². The number of hydrogen-bond donors (Lipinski definition) is 1. The summed E-state index contributed by atoms with van der Waals surface area (Å²) in [6.07, 6.45) is 2.28. The molecule has 81 valence electrons. The molecule has 1 amide bonds. The Bertz CT molecular complexity index is 353. The second kappa shape index (κ2) is 4.43. The summed E-state index contributed by atoms with van der Waals surface area (Å²) in [7, 11) is 0. The fourth-order valence-electron chi connectivity index (χ4n) is 1.05. The minimum absolute atomic E-state index is 0.0316. The van der Waals surface area contributed by atoms with Crippen LogP contribution in [0.3, 0.4) is 0 Å². The van der Waals surface area contributed by atoms with Crippen LogP contribution in [0, 0.1) is 12.3 Å². The Morgan fingerprint density at radius 3 is 2.73 bits per heavy atom. The standard InChI is InChI=1S/C12H17N2O/c1-5-9-7-6-8-13-10(9)14-11(15)12(2,3)4/h6-8H,1,5H2,2-4H3,(H,13,14,15). The molecule has 3 heteroatoms. The fraction of sp³-hybridized carbons (Fsp3) is 0.417. The van der Waals surface area contributed by atoms with Gasteiger partial charge in [0.15, 0.2) is 0 Å². The molecule has 0 fully saturated rings. The van der Waals surface area contributed by atoms with Crippen LogP contribution in [0.2, 0.25) is 0 Å². The zero-order valence-corrected chi connectivity index (χ0v) is 9.50. The van der Waals surface area contributed by atoms with Crippen molar-refractivity contribution < 1.29 is 4.79 Å². The van der Waals surface area contributed by atoms with E-state index in [0.29, 0.717) is 12.2 Å². The number of nitrogens with zero attached hydrogens (tertiary/aromatic N) is 1. The molecule has 0 aliphatic heterocycles. The molecule has 1 aromatic heterocycles. The minimum Gasteiger partial charge on any atom is -0.310 e. The third-order valence-electron chi connectivity index (χ3n) is 2.07. The van der Waals surface area contributed by atoms with Crippen molar-refractivity contribution in [3.8, 4) is 0 Å². The summed E-state index contributed by atoms with van der Waals surface area (Å²) >= 11 is 0. The van der Waals surface area contributed by atoms with Crippen LogP contribution in [0.5, 0.6) is 0 Å². The Hall–Kier alpha value is -1.38. The molecule has 15 heavy (non-hydrogen) atoms. The molecular weight excluding hydrogens is 188 g/mol. The zero-order valence-electron chi connectivity index (χ0n) is 9.50. The molecule has 0 unspecified atom stereocenters. The maximum atomic E-state index is 11.7. The van der Waals surface area contributed by atoms with Gasteiger partial charge in [-0.3, -0.25) is 4.79 Å². The molecule has 1 radical (unpaired) electrons. The van der Waals surface area contributed by atoms with Gasteiger partial charge in [-0.05, 0) is 25.0 Å². The topological polar surface area (TPSA) is 42.0 Å². The first-order valence-electron chi connectivity index (χ1n) is 4.99. The Morgan fingerprint density at radius 2 is 2.20 bits per heavy atom. The monoisotopic (exact) mass is 205 g/mol. The highest BCUT2D eigenvalue weighted by Gasteiger charge is 2.22. The smallest absolute Gasteiger partial charge is 0.230 e. The molecule has 0 spiro atoms. The molecule has 0 bridgehead atoms. The molecule has 0 aromatic carbocycles. The van der Waals surface area contributed by atoms with Gasteiger partial charge in [0.05, 0.1) is 0 Å². The van der Waals surface area contributed by atoms with E-state index in [-0.39, 0.29) is 5.91 Å². The molecule has 0 saturated heterocycles. The van der Waals surface area contributed by atoms with Gasteiger partial charge in [-0.15, -0.1) is 0 Å². The van der Waals surface area contributed by atoms with Gasteiger partial charge in [-0.2, -0.15) is 0 Å². The lowest BCUT2D eigenvalue weighted by atomic mass is 9.95. The van der Waals surface area contributed by atoms with Crippen molar-refractivity contribution in [1.29, 1.82) is 0 Å². The average molecular weight is 205 g/mol. The van der Waals surface area contributed by atoms with Crippen LogP contribution in [0.15, 0.2) is 18.3 Å². The van der Waals surface area contributed by atoms with E-state index in [1.165, 1.54) is 0 Å². The van der Waals surface area contributed by atoms with E-state index < -0.39 is 5.41 Å². The summed E-state index contributed by atoms with van der Waals surface area (Å²) in [5.74, 6) is 0.586. The van der Waals surface area contributed by atoms with E-state index in [4.69, 9.17) is 0 Å². The van der Waals surface area contributed by atoms with E-state index in [0.717, 1.165) is 5.56 Å². The molecule has 1 N–H and O–H groups in total. The number of aromatic nitrogens is 1. The van der Waals surface area contributed by atoms with Crippen LogP contribution in [0.4, 0.5) is 5.82 Å². The summed E-state index contributed by atoms with van der Waals surface area (Å²) in [5.41, 5.74) is 0.547. The molecule has 1 rings (SSSR count). The van der Waals surface area contributed by atoms with Crippen molar-refractivity contribution in [3.05, 3.63) is 30.8 Å². The highest BCUT2D eigenvalue weighted by molar-refractivity contribution is 5.94. The van der Waals surface area contributed by atoms with Crippen LogP contribution < -0.4 is 5.32 Å². The van der Waals surface area contributed by atoms with Crippen LogP contribution in [0.25, 0.3) is 0 Å². The Kier molecular flexibility index (Phi) is 3.45. The normalized spacial score (nSPS) is 11.2. The van der Waals surface area contributed by atoms with Crippen molar-refractivity contribution in [2.75, 3.05) is 5.32 Å². The predicted molar refractivity (Wildman–Crippen MR) is 61.4 cm³/mol. The lowest BCUT2D eigenvalue weighted by Crippen LogP contribution is -2.28. The molecular formula is C12H17N2O. The third kappa shape index (κ3) is 3.05. The Morgan fingerprint density at radius 1 is 1.53 bits per heavy atom. The van der Waals surface area contributed by atoms with Gasteiger partial charge < -0.3 is 5.32 Å². The molecule has 0 atom stereocenters. The summed E-state index contributed by atoms with van der Waals surface area (Å²) in [5, 5.41) is 2.81. The lowest BCUT2D eigenvalue weighted by Gasteiger charge is -2.18. The van der Waals surface area contributed by atoms with Gasteiger partial charge in [0.25, 0.3) is 0 Å². The number of amides is 1. The van der Waals surface area contributed by atoms with E-state index in [9.17, 15) is 4.79 Å². The van der Waals surface area contributed by atoms with Crippen molar-refractivity contribution in [1.82, 2.24) is 4.98 Å². The van der Waals surface area contributed by atoms with Gasteiger partial charge in [0.2, 0.25) is 5.91 Å². The number of nitrogens with one attached hydrogen (secondary N) is 1. The van der Waals surface area contributed by atoms with Gasteiger partial charge in [0.1, 0.15) is 5.82 Å². The first-order chi connectivity index (χ1) is 6.95. The molecule has 3 nitrogen and oxygen atoms in total. The number of rotatable bonds is 2. The number of carbonyl (C=O) groups excluding carboxylic acids is 1. The van der Waals surface area contributed by atoms with Gasteiger partial charge in [0, 0.05) is 11.6 Å². The quantitative estimate of drug-likeness (QED) is 0.805. The van der Waals surface area contributed by atoms with Gasteiger partial charge in [-0.25, -0.2) is 4.98 Å². The molecule has 0 aliphatic carbocycles. The minimum atomic E-state index is -0.407. The van der Waals surface area contributed by atoms with Crippen LogP contribution in [-0.2, 0) is 11.2 Å². The second-order valence-corrected chi connectivity index (χ2v) is 4.47. The van der Waals surface area contributed by atoms with E-state index >= 15 is 0 Å². The second-order valence-electron chi connectivity index (χ2n) is 4.47. The maximum Gasteiger partial charge on any atom is 0.230 e. The lowest BCUT2D eigenvalue weighted by molar-refractivity contribution is -0.123. The zero-order chi connectivity index (χ0) is 11.5. The highest BCUT2D eigenvalue weighted by atomic mass is 16.2. The SMILES string of the molecule is [CH2]Cc1cccnc1NC(=O)C(C)(C)C. The Balaban J connectivity index is 2.85. The Labute approximate surface area is 90.9 Å². The fourth-order valence-corrected chi connectivity index (χ4v) is 1.05. The number of carbonyl (C=O) groups is 1. The van der Waals surface area contributed by atoms with Gasteiger partial charge >= 0.3 is 0 Å². The summed E-state index contributed by atoms with van der Waals surface area (Å²) < 4.78 is 0. The van der Waals surface area contributed by atoms with Crippen LogP contribution >= 0.6 is 0 Å².